The zero-order valence-electron chi connectivity index (χ0n) is 18.7. The fraction of sp³-hybridized carbons (Fsp3) is 0.185. The molecule has 2 heterocycles. The van der Waals surface area contributed by atoms with Crippen LogP contribution in [0.1, 0.15) is 46.0 Å². The summed E-state index contributed by atoms with van der Waals surface area (Å²) in [6.45, 7) is 4.17. The van der Waals surface area contributed by atoms with E-state index in [1.54, 1.807) is 26.2 Å². The van der Waals surface area contributed by atoms with Crippen molar-refractivity contribution in [2.75, 3.05) is 13.2 Å². The Balaban J connectivity index is 1.82. The molecule has 4 rings (SSSR count). The van der Waals surface area contributed by atoms with E-state index < -0.39 is 0 Å². The van der Waals surface area contributed by atoms with Crippen LogP contribution in [0.5, 0.6) is 0 Å². The van der Waals surface area contributed by atoms with E-state index in [9.17, 15) is 9.59 Å². The summed E-state index contributed by atoms with van der Waals surface area (Å²) < 4.78 is 10.6. The molecule has 0 bridgehead atoms. The van der Waals surface area contributed by atoms with Gasteiger partial charge in [-0.3, -0.25) is 0 Å². The summed E-state index contributed by atoms with van der Waals surface area (Å²) in [4.78, 5) is 31.8. The van der Waals surface area contributed by atoms with E-state index in [0.717, 1.165) is 33.6 Å². The van der Waals surface area contributed by atoms with Crippen LogP contribution < -0.4 is 0 Å². The second-order valence-electron chi connectivity index (χ2n) is 7.46. The van der Waals surface area contributed by atoms with Crippen LogP contribution in [0.2, 0.25) is 0 Å². The number of aromatic nitrogens is 2. The molecule has 0 saturated heterocycles. The highest BCUT2D eigenvalue weighted by molar-refractivity contribution is 5.99. The molecule has 6 heteroatoms. The number of nitrogens with one attached hydrogen (secondary N) is 2. The maximum absolute atomic E-state index is 12.6. The first-order valence-corrected chi connectivity index (χ1v) is 11.0. The first-order chi connectivity index (χ1) is 16.1. The number of rotatable bonds is 8. The minimum atomic E-state index is -0.374. The lowest BCUT2D eigenvalue weighted by molar-refractivity contribution is 0.0518. The summed E-state index contributed by atoms with van der Waals surface area (Å²) in [6, 6.07) is 19.5. The fourth-order valence-electron chi connectivity index (χ4n) is 4.00. The molecule has 2 aromatic carbocycles. The van der Waals surface area contributed by atoms with E-state index in [1.165, 1.54) is 0 Å². The number of ether oxygens (including phenoxy) is 2. The van der Waals surface area contributed by atoms with Crippen molar-refractivity contribution in [1.82, 2.24) is 9.97 Å². The highest BCUT2D eigenvalue weighted by Crippen LogP contribution is 2.34. The van der Waals surface area contributed by atoms with Gasteiger partial charge in [0.25, 0.3) is 0 Å². The molecule has 0 unspecified atom stereocenters. The predicted molar refractivity (Wildman–Crippen MR) is 127 cm³/mol. The van der Waals surface area contributed by atoms with Gasteiger partial charge in [-0.1, -0.05) is 60.7 Å². The second kappa shape index (κ2) is 10.0. The minimum absolute atomic E-state index is 0.297. The summed E-state index contributed by atoms with van der Waals surface area (Å²) in [5.74, 6) is -0.748. The van der Waals surface area contributed by atoms with Gasteiger partial charge in [0.1, 0.15) is 0 Å². The van der Waals surface area contributed by atoms with Gasteiger partial charge < -0.3 is 19.4 Å². The molecule has 168 valence electrons. The molecule has 2 aromatic heterocycles. The van der Waals surface area contributed by atoms with Crippen molar-refractivity contribution < 1.29 is 19.1 Å². The van der Waals surface area contributed by atoms with E-state index in [4.69, 9.17) is 9.47 Å². The van der Waals surface area contributed by atoms with Gasteiger partial charge in [-0.05, 0) is 25.0 Å². The van der Waals surface area contributed by atoms with E-state index in [1.807, 2.05) is 60.7 Å². The lowest BCUT2D eigenvalue weighted by atomic mass is 9.96. The zero-order valence-corrected chi connectivity index (χ0v) is 18.7. The van der Waals surface area contributed by atoms with Crippen molar-refractivity contribution in [3.8, 4) is 22.3 Å². The average molecular weight is 443 g/mol. The monoisotopic (exact) mass is 442 g/mol. The van der Waals surface area contributed by atoms with Gasteiger partial charge in [0.2, 0.25) is 0 Å². The molecular formula is C27H26N2O4. The first-order valence-electron chi connectivity index (χ1n) is 11.0. The molecule has 0 radical (unpaired) electrons. The molecule has 4 aromatic rings. The Bertz CT molecular complexity index is 1140. The topological polar surface area (TPSA) is 84.2 Å². The minimum Gasteiger partial charge on any atom is -0.462 e. The molecule has 0 saturated carbocycles. The number of carbonyl (C=O) groups excluding carboxylic acids is 2. The largest absolute Gasteiger partial charge is 0.462 e. The van der Waals surface area contributed by atoms with Crippen LogP contribution in [-0.2, 0) is 15.9 Å². The van der Waals surface area contributed by atoms with Crippen LogP contribution in [0.4, 0.5) is 0 Å². The summed E-state index contributed by atoms with van der Waals surface area (Å²) >= 11 is 0. The smallest absolute Gasteiger partial charge is 0.340 e. The van der Waals surface area contributed by atoms with Crippen LogP contribution in [0.3, 0.4) is 0 Å². The van der Waals surface area contributed by atoms with Gasteiger partial charge in [0, 0.05) is 41.3 Å². The van der Waals surface area contributed by atoms with Gasteiger partial charge >= 0.3 is 11.9 Å². The van der Waals surface area contributed by atoms with Crippen molar-refractivity contribution in [3.63, 3.8) is 0 Å². The number of benzene rings is 2. The first kappa shape index (κ1) is 22.1. The second-order valence-corrected chi connectivity index (χ2v) is 7.46. The molecule has 0 aliphatic heterocycles. The SMILES string of the molecule is CCOC(=O)c1c[nH]c(Cc2[nH]cc(C(=O)OCC)c2-c2ccccc2)c1-c1ccccc1. The lowest BCUT2D eigenvalue weighted by Gasteiger charge is -2.10. The predicted octanol–water partition coefficient (Wildman–Crippen LogP) is 5.62. The number of aromatic amines is 2. The maximum atomic E-state index is 12.6. The van der Waals surface area contributed by atoms with E-state index in [-0.39, 0.29) is 11.9 Å². The summed E-state index contributed by atoms with van der Waals surface area (Å²) in [7, 11) is 0. The fourth-order valence-corrected chi connectivity index (χ4v) is 4.00. The Morgan fingerprint density at radius 3 is 1.42 bits per heavy atom. The molecule has 0 fully saturated rings. The van der Waals surface area contributed by atoms with Crippen LogP contribution >= 0.6 is 0 Å². The van der Waals surface area contributed by atoms with Crippen molar-refractivity contribution in [1.29, 1.82) is 0 Å². The van der Waals surface area contributed by atoms with Crippen molar-refractivity contribution in [2.24, 2.45) is 0 Å². The lowest BCUT2D eigenvalue weighted by Crippen LogP contribution is -2.06. The van der Waals surface area contributed by atoms with Crippen LogP contribution in [0.15, 0.2) is 73.1 Å². The quantitative estimate of drug-likeness (QED) is 0.347. The number of H-pyrrole nitrogens is 2. The molecule has 0 spiro atoms. The molecule has 0 aliphatic carbocycles. The standard InChI is InChI=1S/C27H26N2O4/c1-3-32-26(30)20-16-28-22(24(20)18-11-7-5-8-12-18)15-23-25(19-13-9-6-10-14-19)21(17-29-23)27(31)33-4-2/h5-14,16-17,28-29H,3-4,15H2,1-2H3. The third kappa shape index (κ3) is 4.60. The Morgan fingerprint density at radius 1 is 0.667 bits per heavy atom. The number of hydrogen-bond acceptors (Lipinski definition) is 4. The number of esters is 2. The third-order valence-corrected chi connectivity index (χ3v) is 5.39. The van der Waals surface area contributed by atoms with Crippen molar-refractivity contribution >= 4 is 11.9 Å². The van der Waals surface area contributed by atoms with Gasteiger partial charge in [-0.25, -0.2) is 9.59 Å². The Hall–Kier alpha value is -4.06. The van der Waals surface area contributed by atoms with Crippen LogP contribution in [-0.4, -0.2) is 35.1 Å². The summed E-state index contributed by atoms with van der Waals surface area (Å²) in [5, 5.41) is 0. The van der Waals surface area contributed by atoms with E-state index >= 15 is 0 Å². The molecule has 0 aliphatic rings. The molecule has 0 amide bonds. The van der Waals surface area contributed by atoms with Gasteiger partial charge in [0.15, 0.2) is 0 Å². The number of carbonyl (C=O) groups is 2. The van der Waals surface area contributed by atoms with Crippen LogP contribution in [0.25, 0.3) is 22.3 Å². The highest BCUT2D eigenvalue weighted by atomic mass is 16.5. The molecule has 2 N–H and O–H groups in total. The summed E-state index contributed by atoms with van der Waals surface area (Å²) in [6.07, 6.45) is 3.83. The van der Waals surface area contributed by atoms with E-state index in [0.29, 0.717) is 30.8 Å². The van der Waals surface area contributed by atoms with Gasteiger partial charge in [-0.2, -0.15) is 0 Å². The zero-order chi connectivity index (χ0) is 23.2. The molecule has 6 nitrogen and oxygen atoms in total. The maximum Gasteiger partial charge on any atom is 0.340 e. The normalized spacial score (nSPS) is 10.7. The summed E-state index contributed by atoms with van der Waals surface area (Å²) in [5.41, 5.74) is 6.07. The van der Waals surface area contributed by atoms with Crippen molar-refractivity contribution in [3.05, 3.63) is 95.6 Å². The van der Waals surface area contributed by atoms with Gasteiger partial charge in [-0.15, -0.1) is 0 Å². The Labute approximate surface area is 192 Å². The Morgan fingerprint density at radius 2 is 1.06 bits per heavy atom. The third-order valence-electron chi connectivity index (χ3n) is 5.39. The van der Waals surface area contributed by atoms with Gasteiger partial charge in [0.05, 0.1) is 24.3 Å². The average Bonchev–Trinajstić information content (AvgIpc) is 3.45. The van der Waals surface area contributed by atoms with Crippen LogP contribution in [0, 0.1) is 0 Å². The highest BCUT2D eigenvalue weighted by Gasteiger charge is 2.24. The molecular weight excluding hydrogens is 416 g/mol. The Kier molecular flexibility index (Phi) is 6.74. The van der Waals surface area contributed by atoms with Crippen molar-refractivity contribution in [2.45, 2.75) is 20.3 Å². The molecule has 33 heavy (non-hydrogen) atoms. The van der Waals surface area contributed by atoms with E-state index in [2.05, 4.69) is 9.97 Å². The number of hydrogen-bond donors (Lipinski definition) is 2. The molecule has 0 atom stereocenters.